The first-order valence-corrected chi connectivity index (χ1v) is 5.18. The summed E-state index contributed by atoms with van der Waals surface area (Å²) in [7, 11) is 0. The molecule has 2 N–H and O–H groups in total. The van der Waals surface area contributed by atoms with Crippen LogP contribution in [0.1, 0.15) is 33.1 Å². The molecule has 0 saturated carbocycles. The van der Waals surface area contributed by atoms with Crippen LogP contribution in [0.5, 0.6) is 0 Å². The molecule has 80 valence electrons. The van der Waals surface area contributed by atoms with Crippen molar-refractivity contribution in [1.82, 2.24) is 4.90 Å². The third kappa shape index (κ3) is 2.05. The number of nitrogens with two attached hydrogens (primary N) is 1. The summed E-state index contributed by atoms with van der Waals surface area (Å²) in [5.74, 6) is 0.0796. The minimum absolute atomic E-state index is 0.0718. The molecular weight excluding hydrogens is 180 g/mol. The lowest BCUT2D eigenvalue weighted by Crippen LogP contribution is -2.45. The predicted octanol–water partition coefficient (Wildman–Crippen LogP) is 0.509. The number of primary amides is 1. The van der Waals surface area contributed by atoms with Crippen molar-refractivity contribution in [1.29, 1.82) is 0 Å². The molecule has 1 fully saturated rings. The number of amides is 2. The van der Waals surface area contributed by atoms with Gasteiger partial charge in [0, 0.05) is 13.0 Å². The molecule has 0 spiro atoms. The van der Waals surface area contributed by atoms with Crippen molar-refractivity contribution in [3.05, 3.63) is 0 Å². The molecule has 0 bridgehead atoms. The molecule has 2 amide bonds. The van der Waals surface area contributed by atoms with E-state index in [-0.39, 0.29) is 5.91 Å². The van der Waals surface area contributed by atoms with Crippen molar-refractivity contribution < 1.29 is 9.59 Å². The van der Waals surface area contributed by atoms with Gasteiger partial charge in [-0.25, -0.2) is 0 Å². The lowest BCUT2D eigenvalue weighted by atomic mass is 10.1. The molecule has 0 aromatic rings. The predicted molar refractivity (Wildman–Crippen MR) is 53.4 cm³/mol. The van der Waals surface area contributed by atoms with Crippen LogP contribution in [-0.4, -0.2) is 29.3 Å². The summed E-state index contributed by atoms with van der Waals surface area (Å²) in [5, 5.41) is 0. The Bertz CT molecular complexity index is 240. The highest BCUT2D eigenvalue weighted by Crippen LogP contribution is 2.23. The van der Waals surface area contributed by atoms with Gasteiger partial charge in [-0.15, -0.1) is 0 Å². The molecule has 0 aliphatic carbocycles. The van der Waals surface area contributed by atoms with E-state index in [9.17, 15) is 9.59 Å². The molecule has 0 aromatic heterocycles. The van der Waals surface area contributed by atoms with Gasteiger partial charge in [-0.2, -0.15) is 0 Å². The standard InChI is InChI=1S/C10H18N2O2/c1-3-7-5-9(13)12(6-7)8(4-2)10(11)14/h7-8H,3-6H2,1-2H3,(H2,11,14)/t7-,8?/m0/s1. The van der Waals surface area contributed by atoms with Crippen molar-refractivity contribution >= 4 is 11.8 Å². The quantitative estimate of drug-likeness (QED) is 0.715. The highest BCUT2D eigenvalue weighted by Gasteiger charge is 2.34. The molecule has 4 nitrogen and oxygen atoms in total. The van der Waals surface area contributed by atoms with Gasteiger partial charge < -0.3 is 10.6 Å². The molecule has 1 rings (SSSR count). The topological polar surface area (TPSA) is 63.4 Å². The van der Waals surface area contributed by atoms with Gasteiger partial charge in [0.2, 0.25) is 11.8 Å². The number of hydrogen-bond acceptors (Lipinski definition) is 2. The first-order chi connectivity index (χ1) is 6.60. The lowest BCUT2D eigenvalue weighted by molar-refractivity contribution is -0.136. The Kier molecular flexibility index (Phi) is 3.49. The van der Waals surface area contributed by atoms with Crippen molar-refractivity contribution in [3.63, 3.8) is 0 Å². The molecule has 1 aliphatic rings. The first-order valence-electron chi connectivity index (χ1n) is 5.18. The second-order valence-corrected chi connectivity index (χ2v) is 3.85. The summed E-state index contributed by atoms with van der Waals surface area (Å²) in [6, 6.07) is -0.404. The van der Waals surface area contributed by atoms with Gasteiger partial charge in [-0.1, -0.05) is 20.3 Å². The fourth-order valence-corrected chi connectivity index (χ4v) is 1.96. The minimum atomic E-state index is -0.404. The van der Waals surface area contributed by atoms with Gasteiger partial charge in [-0.3, -0.25) is 9.59 Å². The normalized spacial score (nSPS) is 24.0. The summed E-state index contributed by atoms with van der Waals surface area (Å²) in [6.07, 6.45) is 2.16. The number of rotatable bonds is 4. The maximum Gasteiger partial charge on any atom is 0.240 e. The fourth-order valence-electron chi connectivity index (χ4n) is 1.96. The van der Waals surface area contributed by atoms with E-state index in [2.05, 4.69) is 6.92 Å². The molecule has 1 aliphatic heterocycles. The SMILES string of the molecule is CCC(C(N)=O)N1C[C@@H](CC)CC1=O. The van der Waals surface area contributed by atoms with E-state index in [1.165, 1.54) is 0 Å². The molecular formula is C10H18N2O2. The molecule has 4 heteroatoms. The van der Waals surface area contributed by atoms with E-state index in [4.69, 9.17) is 5.73 Å². The van der Waals surface area contributed by atoms with Gasteiger partial charge >= 0.3 is 0 Å². The summed E-state index contributed by atoms with van der Waals surface area (Å²) in [6.45, 7) is 4.63. The highest BCUT2D eigenvalue weighted by molar-refractivity contribution is 5.87. The Hall–Kier alpha value is -1.06. The fraction of sp³-hybridized carbons (Fsp3) is 0.800. The molecule has 0 radical (unpaired) electrons. The molecule has 14 heavy (non-hydrogen) atoms. The average molecular weight is 198 g/mol. The van der Waals surface area contributed by atoms with Crippen LogP contribution >= 0.6 is 0 Å². The van der Waals surface area contributed by atoms with Crippen molar-refractivity contribution in [2.24, 2.45) is 11.7 Å². The van der Waals surface area contributed by atoms with Crippen molar-refractivity contribution in [2.45, 2.75) is 39.2 Å². The number of nitrogens with zero attached hydrogens (tertiary/aromatic N) is 1. The monoisotopic (exact) mass is 198 g/mol. The van der Waals surface area contributed by atoms with Crippen LogP contribution in [0.4, 0.5) is 0 Å². The zero-order valence-corrected chi connectivity index (χ0v) is 8.82. The van der Waals surface area contributed by atoms with Gasteiger partial charge in [0.05, 0.1) is 0 Å². The van der Waals surface area contributed by atoms with Crippen molar-refractivity contribution in [2.75, 3.05) is 6.54 Å². The van der Waals surface area contributed by atoms with Crippen LogP contribution in [0.15, 0.2) is 0 Å². The van der Waals surface area contributed by atoms with Gasteiger partial charge in [0.25, 0.3) is 0 Å². The smallest absolute Gasteiger partial charge is 0.240 e. The molecule has 0 aromatic carbocycles. The van der Waals surface area contributed by atoms with Gasteiger partial charge in [0.1, 0.15) is 6.04 Å². The second-order valence-electron chi connectivity index (χ2n) is 3.85. The van der Waals surface area contributed by atoms with Crippen LogP contribution in [0.25, 0.3) is 0 Å². The number of carbonyl (C=O) groups excluding carboxylic acids is 2. The summed E-state index contributed by atoms with van der Waals surface area (Å²) in [5.41, 5.74) is 5.24. The Balaban J connectivity index is 2.68. The highest BCUT2D eigenvalue weighted by atomic mass is 16.2. The average Bonchev–Trinajstić information content (AvgIpc) is 2.48. The number of hydrogen-bond donors (Lipinski definition) is 1. The number of likely N-dealkylation sites (tertiary alicyclic amines) is 1. The van der Waals surface area contributed by atoms with Crippen molar-refractivity contribution in [3.8, 4) is 0 Å². The minimum Gasteiger partial charge on any atom is -0.368 e. The molecule has 2 atom stereocenters. The van der Waals surface area contributed by atoms with E-state index >= 15 is 0 Å². The summed E-state index contributed by atoms with van der Waals surface area (Å²) in [4.78, 5) is 24.3. The first kappa shape index (κ1) is 11.0. The third-order valence-electron chi connectivity index (χ3n) is 2.91. The molecule has 1 heterocycles. The van der Waals surface area contributed by atoms with E-state index in [0.29, 0.717) is 25.3 Å². The largest absolute Gasteiger partial charge is 0.368 e. The molecule has 1 saturated heterocycles. The zero-order valence-electron chi connectivity index (χ0n) is 8.82. The lowest BCUT2D eigenvalue weighted by Gasteiger charge is -2.24. The van der Waals surface area contributed by atoms with E-state index in [1.54, 1.807) is 4.90 Å². The van der Waals surface area contributed by atoms with Crippen LogP contribution in [-0.2, 0) is 9.59 Å². The van der Waals surface area contributed by atoms with Crippen LogP contribution in [0.2, 0.25) is 0 Å². The van der Waals surface area contributed by atoms with E-state index < -0.39 is 11.9 Å². The van der Waals surface area contributed by atoms with E-state index in [0.717, 1.165) is 6.42 Å². The molecule has 1 unspecified atom stereocenters. The zero-order chi connectivity index (χ0) is 10.7. The maximum atomic E-state index is 11.6. The second kappa shape index (κ2) is 4.44. The van der Waals surface area contributed by atoms with E-state index in [1.807, 2.05) is 6.92 Å². The van der Waals surface area contributed by atoms with Gasteiger partial charge in [0.15, 0.2) is 0 Å². The number of carbonyl (C=O) groups is 2. The van der Waals surface area contributed by atoms with Crippen LogP contribution in [0, 0.1) is 5.92 Å². The summed E-state index contributed by atoms with van der Waals surface area (Å²) < 4.78 is 0. The Morgan fingerprint density at radius 1 is 1.64 bits per heavy atom. The Labute approximate surface area is 84.4 Å². The summed E-state index contributed by atoms with van der Waals surface area (Å²) >= 11 is 0. The Morgan fingerprint density at radius 3 is 2.64 bits per heavy atom. The third-order valence-corrected chi connectivity index (χ3v) is 2.91. The van der Waals surface area contributed by atoms with Crippen LogP contribution in [0.3, 0.4) is 0 Å². The maximum absolute atomic E-state index is 11.6. The van der Waals surface area contributed by atoms with Crippen LogP contribution < -0.4 is 5.73 Å². The van der Waals surface area contributed by atoms with Gasteiger partial charge in [-0.05, 0) is 12.3 Å². The Morgan fingerprint density at radius 2 is 2.29 bits per heavy atom.